The van der Waals surface area contributed by atoms with Crippen LogP contribution in [0.4, 0.5) is 5.82 Å². The molecule has 114 valence electrons. The van der Waals surface area contributed by atoms with Gasteiger partial charge in [0, 0.05) is 25.0 Å². The van der Waals surface area contributed by atoms with Crippen molar-refractivity contribution in [3.05, 3.63) is 54.9 Å². The fraction of sp³-hybridized carbons (Fsp3) is 0.125. The van der Waals surface area contributed by atoms with Crippen molar-refractivity contribution in [2.45, 2.75) is 6.54 Å². The highest BCUT2D eigenvalue weighted by Crippen LogP contribution is 2.24. The van der Waals surface area contributed by atoms with Gasteiger partial charge in [-0.05, 0) is 24.3 Å². The molecule has 7 heteroatoms. The molecule has 4 aromatic heterocycles. The maximum absolute atomic E-state index is 5.35. The van der Waals surface area contributed by atoms with Crippen molar-refractivity contribution in [3.8, 4) is 11.4 Å². The number of rotatable bonds is 4. The van der Waals surface area contributed by atoms with Crippen LogP contribution in [0.1, 0.15) is 5.76 Å². The average Bonchev–Trinajstić information content (AvgIpc) is 3.24. The molecule has 4 heterocycles. The van der Waals surface area contributed by atoms with Gasteiger partial charge in [0.1, 0.15) is 11.6 Å². The van der Waals surface area contributed by atoms with Crippen LogP contribution >= 0.6 is 0 Å². The second kappa shape index (κ2) is 5.53. The fourth-order valence-corrected chi connectivity index (χ4v) is 2.37. The van der Waals surface area contributed by atoms with E-state index >= 15 is 0 Å². The highest BCUT2D eigenvalue weighted by molar-refractivity contribution is 5.88. The van der Waals surface area contributed by atoms with Crippen LogP contribution in [-0.2, 0) is 13.6 Å². The van der Waals surface area contributed by atoms with Gasteiger partial charge in [0.15, 0.2) is 11.5 Å². The minimum absolute atomic E-state index is 0.545. The van der Waals surface area contributed by atoms with E-state index < -0.39 is 0 Å². The van der Waals surface area contributed by atoms with Gasteiger partial charge in [-0.15, -0.1) is 0 Å². The first kappa shape index (κ1) is 13.4. The average molecular weight is 306 g/mol. The molecule has 7 nitrogen and oxygen atoms in total. The molecule has 0 aromatic carbocycles. The zero-order chi connectivity index (χ0) is 15.6. The van der Waals surface area contributed by atoms with E-state index in [1.165, 1.54) is 0 Å². The van der Waals surface area contributed by atoms with Gasteiger partial charge in [-0.25, -0.2) is 9.97 Å². The summed E-state index contributed by atoms with van der Waals surface area (Å²) in [6, 6.07) is 7.54. The number of hydrogen-bond donors (Lipinski definition) is 1. The monoisotopic (exact) mass is 306 g/mol. The van der Waals surface area contributed by atoms with Gasteiger partial charge in [-0.1, -0.05) is 0 Å². The molecule has 4 aromatic rings. The Morgan fingerprint density at radius 1 is 1.17 bits per heavy atom. The molecule has 0 saturated heterocycles. The Kier molecular flexibility index (Phi) is 3.23. The van der Waals surface area contributed by atoms with E-state index in [1.54, 1.807) is 29.5 Å². The van der Waals surface area contributed by atoms with Gasteiger partial charge >= 0.3 is 0 Å². The number of nitrogens with zero attached hydrogens (tertiary/aromatic N) is 5. The third-order valence-corrected chi connectivity index (χ3v) is 3.54. The lowest BCUT2D eigenvalue weighted by atomic mass is 10.2. The van der Waals surface area contributed by atoms with Crippen LogP contribution in [0.2, 0.25) is 0 Å². The van der Waals surface area contributed by atoms with Crippen LogP contribution < -0.4 is 5.32 Å². The van der Waals surface area contributed by atoms with Gasteiger partial charge in [0.05, 0.1) is 24.4 Å². The Labute approximate surface area is 132 Å². The van der Waals surface area contributed by atoms with Crippen LogP contribution in [0, 0.1) is 0 Å². The second-order valence-electron chi connectivity index (χ2n) is 5.07. The quantitative estimate of drug-likeness (QED) is 0.624. The van der Waals surface area contributed by atoms with E-state index in [9.17, 15) is 0 Å². The first-order valence-corrected chi connectivity index (χ1v) is 7.17. The predicted octanol–water partition coefficient (Wildman–Crippen LogP) is 2.63. The summed E-state index contributed by atoms with van der Waals surface area (Å²) < 4.78 is 7.09. The van der Waals surface area contributed by atoms with Crippen molar-refractivity contribution < 1.29 is 4.42 Å². The van der Waals surface area contributed by atoms with Gasteiger partial charge in [-0.3, -0.25) is 9.67 Å². The third-order valence-electron chi connectivity index (χ3n) is 3.54. The van der Waals surface area contributed by atoms with E-state index in [1.807, 2.05) is 31.3 Å². The number of hydrogen-bond acceptors (Lipinski definition) is 6. The minimum atomic E-state index is 0.545. The lowest BCUT2D eigenvalue weighted by molar-refractivity contribution is 0.518. The van der Waals surface area contributed by atoms with E-state index in [4.69, 9.17) is 4.42 Å². The number of furan rings is 1. The van der Waals surface area contributed by atoms with E-state index in [2.05, 4.69) is 25.4 Å². The summed E-state index contributed by atoms with van der Waals surface area (Å²) in [5, 5.41) is 8.45. The molecule has 23 heavy (non-hydrogen) atoms. The number of aromatic nitrogens is 5. The number of pyridine rings is 1. The summed E-state index contributed by atoms with van der Waals surface area (Å²) in [6.45, 7) is 0.545. The van der Waals surface area contributed by atoms with Crippen LogP contribution in [0.3, 0.4) is 0 Å². The molecule has 4 rings (SSSR count). The Balaban J connectivity index is 1.78. The van der Waals surface area contributed by atoms with E-state index in [0.29, 0.717) is 12.4 Å². The lowest BCUT2D eigenvalue weighted by Gasteiger charge is -2.08. The Hall–Kier alpha value is -3.22. The van der Waals surface area contributed by atoms with Crippen LogP contribution in [0.5, 0.6) is 0 Å². The summed E-state index contributed by atoms with van der Waals surface area (Å²) in [5.74, 6) is 2.20. The molecule has 0 fully saturated rings. The topological polar surface area (TPSA) is 81.7 Å². The molecular formula is C16H14N6O. The summed E-state index contributed by atoms with van der Waals surface area (Å²) in [4.78, 5) is 13.3. The van der Waals surface area contributed by atoms with E-state index in [0.717, 1.165) is 28.2 Å². The molecule has 0 radical (unpaired) electrons. The number of aryl methyl sites for hydroxylation is 1. The normalized spacial score (nSPS) is 11.0. The van der Waals surface area contributed by atoms with Crippen LogP contribution in [-0.4, -0.2) is 24.7 Å². The predicted molar refractivity (Wildman–Crippen MR) is 85.6 cm³/mol. The van der Waals surface area contributed by atoms with Gasteiger partial charge in [0.25, 0.3) is 0 Å². The Bertz CT molecular complexity index is 930. The van der Waals surface area contributed by atoms with Crippen molar-refractivity contribution in [1.29, 1.82) is 0 Å². The van der Waals surface area contributed by atoms with E-state index in [-0.39, 0.29) is 0 Å². The summed E-state index contributed by atoms with van der Waals surface area (Å²) in [5.41, 5.74) is 1.68. The lowest BCUT2D eigenvalue weighted by Crippen LogP contribution is -2.04. The van der Waals surface area contributed by atoms with Crippen molar-refractivity contribution in [3.63, 3.8) is 0 Å². The van der Waals surface area contributed by atoms with Crippen molar-refractivity contribution in [1.82, 2.24) is 24.7 Å². The van der Waals surface area contributed by atoms with Gasteiger partial charge in [-0.2, -0.15) is 5.10 Å². The standard InChI is InChI=1S/C16H14N6O/c1-22-16-13(10-19-22)15(18-9-12-3-2-8-23-12)20-14(21-16)11-4-6-17-7-5-11/h2-8,10H,9H2,1H3,(H,18,20,21). The molecular weight excluding hydrogens is 292 g/mol. The van der Waals surface area contributed by atoms with Gasteiger partial charge < -0.3 is 9.73 Å². The number of anilines is 1. The number of nitrogens with one attached hydrogen (secondary N) is 1. The van der Waals surface area contributed by atoms with Gasteiger partial charge in [0.2, 0.25) is 0 Å². The second-order valence-corrected chi connectivity index (χ2v) is 5.07. The molecule has 0 aliphatic carbocycles. The molecule has 0 bridgehead atoms. The molecule has 0 amide bonds. The first-order chi connectivity index (χ1) is 11.3. The molecule has 0 aliphatic heterocycles. The zero-order valence-electron chi connectivity index (χ0n) is 12.5. The highest BCUT2D eigenvalue weighted by Gasteiger charge is 2.13. The maximum Gasteiger partial charge on any atom is 0.164 e. The van der Waals surface area contributed by atoms with Crippen LogP contribution in [0.25, 0.3) is 22.4 Å². The smallest absolute Gasteiger partial charge is 0.164 e. The molecule has 0 spiro atoms. The maximum atomic E-state index is 5.35. The molecule has 0 saturated carbocycles. The zero-order valence-corrected chi connectivity index (χ0v) is 12.5. The molecule has 0 aliphatic rings. The summed E-state index contributed by atoms with van der Waals surface area (Å²) >= 11 is 0. The third kappa shape index (κ3) is 2.52. The largest absolute Gasteiger partial charge is 0.467 e. The first-order valence-electron chi connectivity index (χ1n) is 7.17. The highest BCUT2D eigenvalue weighted by atomic mass is 16.3. The summed E-state index contributed by atoms with van der Waals surface area (Å²) in [7, 11) is 1.86. The molecule has 0 unspecified atom stereocenters. The molecule has 1 N–H and O–H groups in total. The van der Waals surface area contributed by atoms with Crippen molar-refractivity contribution >= 4 is 16.9 Å². The van der Waals surface area contributed by atoms with Crippen LogP contribution in [0.15, 0.2) is 53.5 Å². The van der Waals surface area contributed by atoms with Crippen molar-refractivity contribution in [2.24, 2.45) is 7.05 Å². The fourth-order valence-electron chi connectivity index (χ4n) is 2.37. The Morgan fingerprint density at radius 2 is 2.04 bits per heavy atom. The molecule has 0 atom stereocenters. The minimum Gasteiger partial charge on any atom is -0.467 e. The van der Waals surface area contributed by atoms with Crippen molar-refractivity contribution in [2.75, 3.05) is 5.32 Å². The Morgan fingerprint density at radius 3 is 2.83 bits per heavy atom. The SMILES string of the molecule is Cn1ncc2c(NCc3ccco3)nc(-c3ccncc3)nc21. The number of fused-ring (bicyclic) bond motifs is 1. The summed E-state index contributed by atoms with van der Waals surface area (Å²) in [6.07, 6.45) is 6.86.